The molecular formula is C26H31N3O6. The number of ether oxygens (including phenoxy) is 2. The number of piperazine rings is 1. The maximum absolute atomic E-state index is 12.5. The van der Waals surface area contributed by atoms with Crippen LogP contribution in [0.4, 0.5) is 10.5 Å². The Kier molecular flexibility index (Phi) is 6.90. The van der Waals surface area contributed by atoms with E-state index in [-0.39, 0.29) is 37.3 Å². The first-order valence-corrected chi connectivity index (χ1v) is 12.1. The summed E-state index contributed by atoms with van der Waals surface area (Å²) in [6, 6.07) is 17.3. The molecule has 9 nitrogen and oxygen atoms in total. The lowest BCUT2D eigenvalue weighted by Gasteiger charge is -2.35. The van der Waals surface area contributed by atoms with Crippen LogP contribution in [0.25, 0.3) is 0 Å². The van der Waals surface area contributed by atoms with E-state index in [1.165, 1.54) is 0 Å². The predicted molar refractivity (Wildman–Crippen MR) is 127 cm³/mol. The molecule has 3 aliphatic rings. The number of benzene rings is 2. The monoisotopic (exact) mass is 481 g/mol. The minimum Gasteiger partial charge on any atom is -0.461 e. The zero-order valence-electron chi connectivity index (χ0n) is 19.8. The third kappa shape index (κ3) is 4.98. The molecule has 0 unspecified atom stereocenters. The second kappa shape index (κ2) is 10.2. The van der Waals surface area contributed by atoms with Gasteiger partial charge >= 0.3 is 12.1 Å². The van der Waals surface area contributed by atoms with Crippen LogP contribution >= 0.6 is 0 Å². The van der Waals surface area contributed by atoms with Crippen LogP contribution in [0.3, 0.4) is 0 Å². The predicted octanol–water partition coefficient (Wildman–Crippen LogP) is 2.18. The van der Waals surface area contributed by atoms with Gasteiger partial charge in [-0.2, -0.15) is 5.06 Å². The summed E-state index contributed by atoms with van der Waals surface area (Å²) in [5, 5.41) is 11.4. The molecule has 2 aromatic rings. The number of rotatable bonds is 6. The normalized spacial score (nSPS) is 26.5. The molecular weight excluding hydrogens is 450 g/mol. The summed E-state index contributed by atoms with van der Waals surface area (Å²) in [6.07, 6.45) is -1.02. The molecule has 1 N–H and O–H groups in total. The number of amides is 1. The number of hydrogen-bond donors (Lipinski definition) is 1. The third-order valence-corrected chi connectivity index (χ3v) is 7.00. The molecule has 0 aromatic heterocycles. The van der Waals surface area contributed by atoms with Crippen molar-refractivity contribution < 1.29 is 29.0 Å². The topological polar surface area (TPSA) is 91.8 Å². The van der Waals surface area contributed by atoms with Crippen molar-refractivity contribution in [2.24, 2.45) is 5.92 Å². The van der Waals surface area contributed by atoms with Crippen LogP contribution in [0.15, 0.2) is 54.6 Å². The summed E-state index contributed by atoms with van der Waals surface area (Å²) in [5.74, 6) is -0.477. The number of nitrogens with zero attached hydrogens (tertiary/aromatic N) is 3. The van der Waals surface area contributed by atoms with E-state index in [0.717, 1.165) is 16.8 Å². The van der Waals surface area contributed by atoms with Gasteiger partial charge in [-0.25, -0.2) is 4.79 Å². The summed E-state index contributed by atoms with van der Waals surface area (Å²) in [7, 11) is 0. The number of hydroxylamine groups is 2. The van der Waals surface area contributed by atoms with Crippen molar-refractivity contribution in [3.8, 4) is 0 Å². The number of anilines is 1. The van der Waals surface area contributed by atoms with Crippen LogP contribution in [0, 0.1) is 5.92 Å². The molecule has 0 bridgehead atoms. The molecule has 3 aliphatic heterocycles. The first-order chi connectivity index (χ1) is 17.0. The summed E-state index contributed by atoms with van der Waals surface area (Å²) >= 11 is 0. The van der Waals surface area contributed by atoms with E-state index in [2.05, 4.69) is 11.0 Å². The molecule has 5 rings (SSSR count). The molecule has 0 aliphatic carbocycles. The van der Waals surface area contributed by atoms with Crippen molar-refractivity contribution in [2.75, 3.05) is 37.7 Å². The molecule has 4 atom stereocenters. The number of carbonyl (C=O) groups is 2. The lowest BCUT2D eigenvalue weighted by molar-refractivity contribution is -0.195. The number of cyclic esters (lactones) is 1. The zero-order chi connectivity index (χ0) is 24.4. The lowest BCUT2D eigenvalue weighted by Crippen LogP contribution is -2.49. The number of hydrogen-bond acceptors (Lipinski definition) is 8. The number of aliphatic hydroxyl groups is 1. The van der Waals surface area contributed by atoms with Gasteiger partial charge in [0.15, 0.2) is 0 Å². The smallest absolute Gasteiger partial charge is 0.410 e. The Labute approximate surface area is 204 Å². The minimum atomic E-state index is -0.503. The van der Waals surface area contributed by atoms with Gasteiger partial charge in [-0.05, 0) is 30.2 Å². The Morgan fingerprint density at radius 2 is 1.80 bits per heavy atom. The molecule has 0 spiro atoms. The van der Waals surface area contributed by atoms with Crippen LogP contribution in [-0.2, 0) is 32.3 Å². The van der Waals surface area contributed by atoms with Gasteiger partial charge in [-0.3, -0.25) is 9.63 Å². The first-order valence-electron chi connectivity index (χ1n) is 12.1. The fraction of sp³-hybridized carbons (Fsp3) is 0.462. The average Bonchev–Trinajstić information content (AvgIpc) is 3.41. The third-order valence-electron chi connectivity index (χ3n) is 7.00. The highest BCUT2D eigenvalue weighted by molar-refractivity contribution is 5.79. The fourth-order valence-corrected chi connectivity index (χ4v) is 5.15. The van der Waals surface area contributed by atoms with Gasteiger partial charge in [0.05, 0.1) is 19.1 Å². The minimum absolute atomic E-state index is 0.156. The lowest BCUT2D eigenvalue weighted by atomic mass is 9.93. The Morgan fingerprint density at radius 1 is 1.06 bits per heavy atom. The van der Waals surface area contributed by atoms with Crippen LogP contribution < -0.4 is 4.90 Å². The number of aliphatic hydroxyl groups excluding tert-OH is 1. The Bertz CT molecular complexity index is 1040. The number of fused-ring (bicyclic) bond motifs is 1. The maximum atomic E-state index is 12.5. The van der Waals surface area contributed by atoms with E-state index >= 15 is 0 Å². The zero-order valence-corrected chi connectivity index (χ0v) is 19.8. The molecule has 2 aromatic carbocycles. The molecule has 35 heavy (non-hydrogen) atoms. The van der Waals surface area contributed by atoms with E-state index in [1.54, 1.807) is 9.96 Å². The highest BCUT2D eigenvalue weighted by atomic mass is 16.7. The average molecular weight is 482 g/mol. The Balaban J connectivity index is 1.16. The van der Waals surface area contributed by atoms with Crippen LogP contribution in [0.2, 0.25) is 0 Å². The SMILES string of the molecule is C[C@@H]1OC(=O)[C@@H]2[C@H]1[C@H](CO)ON2Cc1cccc(N2CCN(C(=O)OCc3ccccc3)CC2)c1. The second-order valence-corrected chi connectivity index (χ2v) is 9.25. The summed E-state index contributed by atoms with van der Waals surface area (Å²) in [4.78, 5) is 34.7. The van der Waals surface area contributed by atoms with Crippen molar-refractivity contribution in [2.45, 2.75) is 38.3 Å². The first kappa shape index (κ1) is 23.6. The molecule has 1 amide bonds. The van der Waals surface area contributed by atoms with E-state index < -0.39 is 12.1 Å². The Hall–Kier alpha value is -3.14. The molecule has 0 radical (unpaired) electrons. The van der Waals surface area contributed by atoms with E-state index in [0.29, 0.717) is 32.7 Å². The Morgan fingerprint density at radius 3 is 2.54 bits per heavy atom. The van der Waals surface area contributed by atoms with Crippen molar-refractivity contribution in [1.29, 1.82) is 0 Å². The quantitative estimate of drug-likeness (QED) is 0.628. The van der Waals surface area contributed by atoms with Gasteiger partial charge < -0.3 is 24.4 Å². The largest absolute Gasteiger partial charge is 0.461 e. The van der Waals surface area contributed by atoms with Crippen LogP contribution in [-0.4, -0.2) is 78.2 Å². The summed E-state index contributed by atoms with van der Waals surface area (Å²) in [6.45, 7) is 4.94. The molecule has 3 heterocycles. The molecule has 186 valence electrons. The molecule has 0 saturated carbocycles. The van der Waals surface area contributed by atoms with Crippen LogP contribution in [0.1, 0.15) is 18.1 Å². The highest BCUT2D eigenvalue weighted by Crippen LogP contribution is 2.38. The standard InChI is InChI=1S/C26H31N3O6/c1-18-23-22(16-30)35-29(24(23)25(31)34-18)15-20-8-5-9-21(14-20)27-10-12-28(13-11-27)26(32)33-17-19-6-3-2-4-7-19/h2-9,14,18,22-24,30H,10-13,15-17H2,1H3/t18-,22-,23+,24-/m0/s1. The second-order valence-electron chi connectivity index (χ2n) is 9.25. The van der Waals surface area contributed by atoms with Gasteiger partial charge in [-0.15, -0.1) is 0 Å². The number of carbonyl (C=O) groups excluding carboxylic acids is 2. The van der Waals surface area contributed by atoms with E-state index in [9.17, 15) is 14.7 Å². The van der Waals surface area contributed by atoms with Crippen LogP contribution in [0.5, 0.6) is 0 Å². The summed E-state index contributed by atoms with van der Waals surface area (Å²) in [5.41, 5.74) is 3.02. The van der Waals surface area contributed by atoms with Gasteiger partial charge in [0.25, 0.3) is 0 Å². The highest BCUT2D eigenvalue weighted by Gasteiger charge is 2.56. The van der Waals surface area contributed by atoms with Gasteiger partial charge in [-0.1, -0.05) is 42.5 Å². The van der Waals surface area contributed by atoms with Crippen molar-refractivity contribution in [3.63, 3.8) is 0 Å². The van der Waals surface area contributed by atoms with Crippen molar-refractivity contribution >= 4 is 17.7 Å². The molecule has 9 heteroatoms. The van der Waals surface area contributed by atoms with Gasteiger partial charge in [0, 0.05) is 31.9 Å². The maximum Gasteiger partial charge on any atom is 0.410 e. The molecule has 3 fully saturated rings. The van der Waals surface area contributed by atoms with Gasteiger partial charge in [0.1, 0.15) is 24.9 Å². The molecule has 3 saturated heterocycles. The van der Waals surface area contributed by atoms with E-state index in [4.69, 9.17) is 14.3 Å². The van der Waals surface area contributed by atoms with Crippen molar-refractivity contribution in [1.82, 2.24) is 9.96 Å². The van der Waals surface area contributed by atoms with Gasteiger partial charge in [0.2, 0.25) is 0 Å². The number of esters is 1. The summed E-state index contributed by atoms with van der Waals surface area (Å²) < 4.78 is 10.9. The fourth-order valence-electron chi connectivity index (χ4n) is 5.15. The van der Waals surface area contributed by atoms with E-state index in [1.807, 2.05) is 55.5 Å². The van der Waals surface area contributed by atoms with Crippen molar-refractivity contribution in [3.05, 3.63) is 65.7 Å².